The molecule has 10 heavy (non-hydrogen) atoms. The van der Waals surface area contributed by atoms with E-state index in [1.807, 2.05) is 0 Å². The Morgan fingerprint density at radius 3 is 1.90 bits per heavy atom. The SMILES string of the molecule is C=C(C)C(=O)O.C=CCO. The van der Waals surface area contributed by atoms with Crippen LogP contribution in [0, 0.1) is 0 Å². The molecule has 0 radical (unpaired) electrons. The van der Waals surface area contributed by atoms with E-state index in [0.29, 0.717) is 0 Å². The molecule has 0 aromatic rings. The van der Waals surface area contributed by atoms with Crippen molar-refractivity contribution in [3.63, 3.8) is 0 Å². The van der Waals surface area contributed by atoms with Gasteiger partial charge in [0.2, 0.25) is 0 Å². The predicted octanol–water partition coefficient (Wildman–Crippen LogP) is 0.812. The molecule has 0 aromatic carbocycles. The molecule has 0 rings (SSSR count). The molecular weight excluding hydrogens is 132 g/mol. The first-order valence-electron chi connectivity index (χ1n) is 2.66. The maximum atomic E-state index is 9.60. The van der Waals surface area contributed by atoms with Crippen LogP contribution in [0.3, 0.4) is 0 Å². The van der Waals surface area contributed by atoms with Crippen molar-refractivity contribution >= 4 is 5.97 Å². The first kappa shape index (κ1) is 11.7. The number of carboxylic acid groups (broad SMARTS) is 1. The number of rotatable bonds is 2. The summed E-state index contributed by atoms with van der Waals surface area (Å²) in [6, 6.07) is 0. The number of hydrogen-bond donors (Lipinski definition) is 2. The fourth-order valence-electron chi connectivity index (χ4n) is 0. The lowest BCUT2D eigenvalue weighted by atomic mass is 10.4. The Bertz CT molecular complexity index is 115. The molecule has 0 unspecified atom stereocenters. The highest BCUT2D eigenvalue weighted by Gasteiger charge is 1.90. The van der Waals surface area contributed by atoms with Crippen LogP contribution in [-0.2, 0) is 4.79 Å². The monoisotopic (exact) mass is 144 g/mol. The van der Waals surface area contributed by atoms with Gasteiger partial charge in [-0.05, 0) is 6.92 Å². The molecule has 0 saturated carbocycles. The predicted molar refractivity (Wildman–Crippen MR) is 39.7 cm³/mol. The van der Waals surface area contributed by atoms with Crippen molar-refractivity contribution in [2.45, 2.75) is 6.92 Å². The van der Waals surface area contributed by atoms with Gasteiger partial charge in [0.15, 0.2) is 0 Å². The van der Waals surface area contributed by atoms with E-state index in [0.717, 1.165) is 0 Å². The highest BCUT2D eigenvalue weighted by atomic mass is 16.4. The van der Waals surface area contributed by atoms with E-state index in [-0.39, 0.29) is 12.2 Å². The summed E-state index contributed by atoms with van der Waals surface area (Å²) in [5.41, 5.74) is 0.176. The molecular formula is C7H12O3. The zero-order valence-electron chi connectivity index (χ0n) is 6.00. The van der Waals surface area contributed by atoms with Gasteiger partial charge in [-0.1, -0.05) is 12.7 Å². The molecule has 58 valence electrons. The molecule has 0 heterocycles. The quantitative estimate of drug-likeness (QED) is 0.445. The number of hydrogen-bond acceptors (Lipinski definition) is 2. The lowest BCUT2D eigenvalue weighted by Gasteiger charge is -1.79. The largest absolute Gasteiger partial charge is 0.478 e. The third-order valence-corrected chi connectivity index (χ3v) is 0.494. The average molecular weight is 144 g/mol. The van der Waals surface area contributed by atoms with E-state index < -0.39 is 5.97 Å². The van der Waals surface area contributed by atoms with E-state index >= 15 is 0 Å². The first-order valence-corrected chi connectivity index (χ1v) is 2.66. The van der Waals surface area contributed by atoms with Gasteiger partial charge in [0.1, 0.15) is 0 Å². The molecule has 0 bridgehead atoms. The van der Waals surface area contributed by atoms with Gasteiger partial charge >= 0.3 is 5.97 Å². The van der Waals surface area contributed by atoms with Crippen LogP contribution in [-0.4, -0.2) is 22.8 Å². The summed E-state index contributed by atoms with van der Waals surface area (Å²) in [6.07, 6.45) is 1.43. The molecule has 2 N–H and O–H groups in total. The van der Waals surface area contributed by atoms with Crippen molar-refractivity contribution in [3.05, 3.63) is 24.8 Å². The van der Waals surface area contributed by atoms with Gasteiger partial charge in [0.25, 0.3) is 0 Å². The Hall–Kier alpha value is -1.09. The van der Waals surface area contributed by atoms with E-state index in [1.54, 1.807) is 0 Å². The summed E-state index contributed by atoms with van der Waals surface area (Å²) in [5, 5.41) is 15.6. The van der Waals surface area contributed by atoms with Crippen LogP contribution < -0.4 is 0 Å². The smallest absolute Gasteiger partial charge is 0.330 e. The van der Waals surface area contributed by atoms with Gasteiger partial charge in [0.05, 0.1) is 6.61 Å². The van der Waals surface area contributed by atoms with Crippen molar-refractivity contribution in [1.82, 2.24) is 0 Å². The molecule has 0 atom stereocenters. The Morgan fingerprint density at radius 1 is 1.70 bits per heavy atom. The summed E-state index contributed by atoms with van der Waals surface area (Å²) in [6.45, 7) is 7.91. The molecule has 0 amide bonds. The lowest BCUT2D eigenvalue weighted by molar-refractivity contribution is -0.132. The number of aliphatic hydroxyl groups excluding tert-OH is 1. The second-order valence-electron chi connectivity index (χ2n) is 1.56. The van der Waals surface area contributed by atoms with Crippen molar-refractivity contribution in [3.8, 4) is 0 Å². The van der Waals surface area contributed by atoms with Crippen LogP contribution in [0.15, 0.2) is 24.8 Å². The maximum absolute atomic E-state index is 9.60. The van der Waals surface area contributed by atoms with E-state index in [2.05, 4.69) is 13.2 Å². The van der Waals surface area contributed by atoms with Crippen LogP contribution in [0.1, 0.15) is 6.92 Å². The number of carbonyl (C=O) groups is 1. The van der Waals surface area contributed by atoms with Crippen LogP contribution in [0.4, 0.5) is 0 Å². The van der Waals surface area contributed by atoms with Crippen molar-refractivity contribution in [2.75, 3.05) is 6.61 Å². The molecule has 3 nitrogen and oxygen atoms in total. The second kappa shape index (κ2) is 7.91. The molecule has 0 spiro atoms. The minimum absolute atomic E-state index is 0.0833. The molecule has 0 aliphatic carbocycles. The number of aliphatic carboxylic acids is 1. The van der Waals surface area contributed by atoms with E-state index in [1.165, 1.54) is 13.0 Å². The minimum Gasteiger partial charge on any atom is -0.478 e. The molecule has 0 aliphatic rings. The zero-order chi connectivity index (χ0) is 8.57. The summed E-state index contributed by atoms with van der Waals surface area (Å²) < 4.78 is 0. The third kappa shape index (κ3) is 15.8. The third-order valence-electron chi connectivity index (χ3n) is 0.494. The van der Waals surface area contributed by atoms with Gasteiger partial charge in [-0.3, -0.25) is 0 Å². The van der Waals surface area contributed by atoms with Crippen molar-refractivity contribution in [2.24, 2.45) is 0 Å². The summed E-state index contributed by atoms with van der Waals surface area (Å²) >= 11 is 0. The van der Waals surface area contributed by atoms with Gasteiger partial charge < -0.3 is 10.2 Å². The topological polar surface area (TPSA) is 57.5 Å². The van der Waals surface area contributed by atoms with Gasteiger partial charge in [-0.25, -0.2) is 4.79 Å². The lowest BCUT2D eigenvalue weighted by Crippen LogP contribution is -1.92. The van der Waals surface area contributed by atoms with Crippen molar-refractivity contribution in [1.29, 1.82) is 0 Å². The zero-order valence-corrected chi connectivity index (χ0v) is 6.00. The van der Waals surface area contributed by atoms with Crippen LogP contribution in [0.5, 0.6) is 0 Å². The molecule has 0 aromatic heterocycles. The van der Waals surface area contributed by atoms with E-state index in [9.17, 15) is 4.79 Å². The number of aliphatic hydroxyl groups is 1. The molecule has 3 heteroatoms. The number of carboxylic acids is 1. The minimum atomic E-state index is -0.935. The highest BCUT2D eigenvalue weighted by Crippen LogP contribution is 1.81. The van der Waals surface area contributed by atoms with Gasteiger partial charge in [0, 0.05) is 5.57 Å². The maximum Gasteiger partial charge on any atom is 0.330 e. The van der Waals surface area contributed by atoms with Crippen molar-refractivity contribution < 1.29 is 15.0 Å². The first-order chi connectivity index (χ1) is 4.56. The highest BCUT2D eigenvalue weighted by molar-refractivity contribution is 5.84. The molecule has 0 aliphatic heterocycles. The van der Waals surface area contributed by atoms with Gasteiger partial charge in [-0.15, -0.1) is 6.58 Å². The average Bonchev–Trinajstić information content (AvgIpc) is 1.89. The normalized spacial score (nSPS) is 7.00. The molecule has 0 saturated heterocycles. The second-order valence-corrected chi connectivity index (χ2v) is 1.56. The Labute approximate surface area is 60.3 Å². The van der Waals surface area contributed by atoms with Crippen LogP contribution in [0.25, 0.3) is 0 Å². The fraction of sp³-hybridized carbons (Fsp3) is 0.286. The summed E-state index contributed by atoms with van der Waals surface area (Å²) in [5.74, 6) is -0.935. The van der Waals surface area contributed by atoms with Crippen LogP contribution in [0.2, 0.25) is 0 Å². The standard InChI is InChI=1S/C4H6O2.C3H6O/c1-3(2)4(5)6;1-2-3-4/h1H2,2H3,(H,5,6);2,4H,1,3H2. The fourth-order valence-corrected chi connectivity index (χ4v) is 0. The summed E-state index contributed by atoms with van der Waals surface area (Å²) in [7, 11) is 0. The van der Waals surface area contributed by atoms with Gasteiger partial charge in [-0.2, -0.15) is 0 Å². The Balaban J connectivity index is 0. The Morgan fingerprint density at radius 2 is 1.90 bits per heavy atom. The Kier molecular flexibility index (Phi) is 9.24. The van der Waals surface area contributed by atoms with Crippen LogP contribution >= 0.6 is 0 Å². The molecule has 0 fully saturated rings. The summed E-state index contributed by atoms with van der Waals surface area (Å²) in [4.78, 5) is 9.60. The van der Waals surface area contributed by atoms with E-state index in [4.69, 9.17) is 10.2 Å².